The number of rotatable bonds is 9. The zero-order valence-corrected chi connectivity index (χ0v) is 26.3. The maximum Gasteiger partial charge on any atom is 0.311 e. The van der Waals surface area contributed by atoms with Gasteiger partial charge in [-0.3, -0.25) is 19.8 Å². The molecule has 2 atom stereocenters. The van der Waals surface area contributed by atoms with Crippen LogP contribution in [0.4, 0.5) is 17.6 Å². The molecule has 1 fully saturated rings. The normalized spacial score (nSPS) is 14.7. The Hall–Kier alpha value is -6.04. The molecule has 0 unspecified atom stereocenters. The molecule has 1 heterocycles. The second-order valence-corrected chi connectivity index (χ2v) is 11.9. The number of aliphatic carboxylic acids is 1. The average molecular weight is 684 g/mol. The second kappa shape index (κ2) is 14.2. The number of fused-ring (bicyclic) bond motifs is 1. The first-order valence-electron chi connectivity index (χ1n) is 15.6. The first-order valence-corrected chi connectivity index (χ1v) is 15.6. The molecule has 3 N–H and O–H groups in total. The minimum Gasteiger partial charge on any atom is -0.489 e. The van der Waals surface area contributed by atoms with Crippen molar-refractivity contribution in [1.82, 2.24) is 10.2 Å². The number of nitrogens with zero attached hydrogens (tertiary/aromatic N) is 1. The van der Waals surface area contributed by atoms with Crippen molar-refractivity contribution in [2.24, 2.45) is 0 Å². The smallest absolute Gasteiger partial charge is 0.311 e. The average Bonchev–Trinajstić information content (AvgIpc) is 3.55. The van der Waals surface area contributed by atoms with E-state index in [1.54, 1.807) is 60.7 Å². The fourth-order valence-corrected chi connectivity index (χ4v) is 5.97. The van der Waals surface area contributed by atoms with Gasteiger partial charge in [0.05, 0.1) is 12.5 Å². The van der Waals surface area contributed by atoms with Crippen LogP contribution in [0.15, 0.2) is 97.1 Å². The van der Waals surface area contributed by atoms with E-state index in [9.17, 15) is 37.1 Å². The number of hydrogen-bond donors (Lipinski definition) is 3. The summed E-state index contributed by atoms with van der Waals surface area (Å²) < 4.78 is 62.3. The fourth-order valence-electron chi connectivity index (χ4n) is 5.97. The monoisotopic (exact) mass is 683 g/mol. The molecule has 12 heteroatoms. The van der Waals surface area contributed by atoms with Crippen molar-refractivity contribution in [3.8, 4) is 5.75 Å². The van der Waals surface area contributed by atoms with Gasteiger partial charge in [0.25, 0.3) is 11.8 Å². The van der Waals surface area contributed by atoms with Gasteiger partial charge < -0.3 is 20.1 Å². The third-order valence-corrected chi connectivity index (χ3v) is 8.55. The van der Waals surface area contributed by atoms with Crippen molar-refractivity contribution in [1.29, 1.82) is 5.41 Å². The predicted octanol–water partition coefficient (Wildman–Crippen LogP) is 6.86. The Kier molecular flexibility index (Phi) is 9.62. The van der Waals surface area contributed by atoms with Crippen molar-refractivity contribution in [3.05, 3.63) is 148 Å². The van der Waals surface area contributed by atoms with Crippen molar-refractivity contribution in [2.75, 3.05) is 13.1 Å². The number of carbonyl (C=O) groups is 3. The minimum atomic E-state index is -1.10. The van der Waals surface area contributed by atoms with Gasteiger partial charge in [0, 0.05) is 18.5 Å². The van der Waals surface area contributed by atoms with Crippen molar-refractivity contribution in [2.45, 2.75) is 24.9 Å². The maximum atomic E-state index is 14.1. The van der Waals surface area contributed by atoms with E-state index in [0.29, 0.717) is 28.7 Å². The highest BCUT2D eigenvalue weighted by molar-refractivity contribution is 6.12. The molecule has 254 valence electrons. The topological polar surface area (TPSA) is 120 Å². The molecule has 50 heavy (non-hydrogen) atoms. The first kappa shape index (κ1) is 33.8. The number of carbonyl (C=O) groups excluding carboxylic acids is 2. The summed E-state index contributed by atoms with van der Waals surface area (Å²) in [7, 11) is 0. The lowest BCUT2D eigenvalue weighted by atomic mass is 9.91. The summed E-state index contributed by atoms with van der Waals surface area (Å²) in [6, 6.07) is 23.1. The molecule has 1 aliphatic heterocycles. The summed E-state index contributed by atoms with van der Waals surface area (Å²) in [5, 5.41) is 22.1. The molecule has 0 radical (unpaired) electrons. The Morgan fingerprint density at radius 2 is 1.44 bits per heavy atom. The molecule has 0 aromatic heterocycles. The van der Waals surface area contributed by atoms with E-state index in [2.05, 4.69) is 5.32 Å². The number of carboxylic acids is 1. The zero-order valence-electron chi connectivity index (χ0n) is 26.3. The highest BCUT2D eigenvalue weighted by Crippen LogP contribution is 2.28. The number of amides is 2. The number of carboxylic acid groups (broad SMARTS) is 1. The molecule has 2 amide bonds. The molecule has 0 bridgehead atoms. The Balaban J connectivity index is 1.11. The van der Waals surface area contributed by atoms with Gasteiger partial charge in [-0.2, -0.15) is 0 Å². The van der Waals surface area contributed by atoms with Crippen LogP contribution in [-0.4, -0.2) is 52.8 Å². The van der Waals surface area contributed by atoms with Crippen LogP contribution in [0, 0.1) is 28.7 Å². The number of amidine groups is 1. The Morgan fingerprint density at radius 3 is 2.08 bits per heavy atom. The minimum absolute atomic E-state index is 0.128. The largest absolute Gasteiger partial charge is 0.489 e. The first-order chi connectivity index (χ1) is 24.0. The summed E-state index contributed by atoms with van der Waals surface area (Å²) in [4.78, 5) is 38.9. The summed E-state index contributed by atoms with van der Waals surface area (Å²) in [5.74, 6) is -7.72. The van der Waals surface area contributed by atoms with E-state index in [1.807, 2.05) is 0 Å². The van der Waals surface area contributed by atoms with Crippen molar-refractivity contribution >= 4 is 34.4 Å². The fraction of sp³-hybridized carbons (Fsp3) is 0.158. The van der Waals surface area contributed by atoms with Crippen LogP contribution in [-0.2, 0) is 11.2 Å². The molecular weight excluding hydrogens is 654 g/mol. The molecule has 0 saturated carbocycles. The quantitative estimate of drug-likeness (QED) is 0.0892. The van der Waals surface area contributed by atoms with Gasteiger partial charge >= 0.3 is 5.97 Å². The standard InChI is InChI=1S/C38H29F4N3O5/c39-29-3-1-4-30(40)33(29)36(46)44-35(43)24-10-9-22-8-7-21(17-25(22)19-24)18-28(38(48)49)23-11-13-26(14-12-23)50-27-15-16-45(20-27)37(47)34-31(41)5-2-6-32(34)42/h1-14,17,19,27-28H,15-16,18,20H2,(H,48,49)(H2,43,44,46)/t27-,28-/m0/s1. The lowest BCUT2D eigenvalue weighted by Crippen LogP contribution is -2.32. The Bertz CT molecular complexity index is 2100. The van der Waals surface area contributed by atoms with Crippen molar-refractivity contribution in [3.63, 3.8) is 0 Å². The molecule has 6 rings (SSSR count). The van der Waals surface area contributed by atoms with Crippen LogP contribution in [0.2, 0.25) is 0 Å². The lowest BCUT2D eigenvalue weighted by molar-refractivity contribution is -0.138. The number of likely N-dealkylation sites (tertiary alicyclic amines) is 1. The van der Waals surface area contributed by atoms with Gasteiger partial charge in [-0.15, -0.1) is 0 Å². The molecule has 8 nitrogen and oxygen atoms in total. The number of ether oxygens (including phenoxy) is 1. The third kappa shape index (κ3) is 7.19. The Labute approximate surface area is 283 Å². The van der Waals surface area contributed by atoms with Crippen LogP contribution < -0.4 is 10.1 Å². The summed E-state index contributed by atoms with van der Waals surface area (Å²) >= 11 is 0. The van der Waals surface area contributed by atoms with E-state index in [4.69, 9.17) is 10.1 Å². The van der Waals surface area contributed by atoms with Crippen LogP contribution >= 0.6 is 0 Å². The Morgan fingerprint density at radius 1 is 0.820 bits per heavy atom. The highest BCUT2D eigenvalue weighted by atomic mass is 19.1. The third-order valence-electron chi connectivity index (χ3n) is 8.55. The van der Waals surface area contributed by atoms with Gasteiger partial charge in [0.2, 0.25) is 0 Å². The number of hydrogen-bond acceptors (Lipinski definition) is 5. The van der Waals surface area contributed by atoms with E-state index < -0.39 is 64.2 Å². The predicted molar refractivity (Wildman–Crippen MR) is 176 cm³/mol. The highest BCUT2D eigenvalue weighted by Gasteiger charge is 2.31. The SMILES string of the molecule is N=C(NC(=O)c1c(F)cccc1F)c1ccc2ccc(C[C@H](C(=O)O)c3ccc(O[C@H]4CCN(C(=O)c5c(F)cccc5F)C4)cc3)cc2c1. The summed E-state index contributed by atoms with van der Waals surface area (Å²) in [6.45, 7) is 0.388. The zero-order chi connectivity index (χ0) is 35.5. The molecule has 0 spiro atoms. The van der Waals surface area contributed by atoms with Gasteiger partial charge in [0.15, 0.2) is 0 Å². The van der Waals surface area contributed by atoms with Crippen LogP contribution in [0.25, 0.3) is 10.8 Å². The van der Waals surface area contributed by atoms with E-state index in [0.717, 1.165) is 35.7 Å². The van der Waals surface area contributed by atoms with E-state index in [1.165, 1.54) is 11.0 Å². The summed E-state index contributed by atoms with van der Waals surface area (Å²) in [5.41, 5.74) is 0.0803. The molecule has 0 aliphatic carbocycles. The van der Waals surface area contributed by atoms with Gasteiger partial charge in [-0.1, -0.05) is 54.6 Å². The van der Waals surface area contributed by atoms with Crippen molar-refractivity contribution < 1.29 is 41.8 Å². The number of nitrogens with one attached hydrogen (secondary N) is 2. The van der Waals surface area contributed by atoms with E-state index in [-0.39, 0.29) is 30.9 Å². The van der Waals surface area contributed by atoms with Gasteiger partial charge in [0.1, 0.15) is 52.1 Å². The number of halogens is 4. The van der Waals surface area contributed by atoms with Gasteiger partial charge in [-0.25, -0.2) is 17.6 Å². The van der Waals surface area contributed by atoms with Crippen LogP contribution in [0.3, 0.4) is 0 Å². The molecular formula is C38H29F4N3O5. The molecule has 5 aromatic rings. The summed E-state index contributed by atoms with van der Waals surface area (Å²) in [6.07, 6.45) is 0.150. The van der Waals surface area contributed by atoms with E-state index >= 15 is 0 Å². The maximum absolute atomic E-state index is 14.1. The lowest BCUT2D eigenvalue weighted by Gasteiger charge is -2.18. The van der Waals surface area contributed by atoms with Crippen LogP contribution in [0.5, 0.6) is 5.75 Å². The second-order valence-electron chi connectivity index (χ2n) is 11.9. The molecule has 1 aliphatic rings. The van der Waals surface area contributed by atoms with Crippen LogP contribution in [0.1, 0.15) is 49.7 Å². The molecule has 1 saturated heterocycles. The van der Waals surface area contributed by atoms with Gasteiger partial charge in [-0.05, 0) is 70.8 Å². The number of benzene rings is 5. The molecule has 5 aromatic carbocycles.